The summed E-state index contributed by atoms with van der Waals surface area (Å²) in [5.74, 6) is 0.624. The minimum absolute atomic E-state index is 0.112. The van der Waals surface area contributed by atoms with Crippen LogP contribution in [0.25, 0.3) is 11.4 Å². The van der Waals surface area contributed by atoms with Crippen LogP contribution < -0.4 is 0 Å². The Balaban J connectivity index is 1.83. The smallest absolute Gasteiger partial charge is 0.410 e. The van der Waals surface area contributed by atoms with Gasteiger partial charge in [-0.1, -0.05) is 24.3 Å². The molecule has 6 nitrogen and oxygen atoms in total. The van der Waals surface area contributed by atoms with E-state index < -0.39 is 17.7 Å². The third kappa shape index (κ3) is 4.35. The van der Waals surface area contributed by atoms with Gasteiger partial charge in [0.05, 0.1) is 12.6 Å². The lowest BCUT2D eigenvalue weighted by Crippen LogP contribution is -2.49. The molecule has 0 N–H and O–H groups in total. The molecule has 0 spiro atoms. The van der Waals surface area contributed by atoms with Gasteiger partial charge in [-0.2, -0.15) is 0 Å². The lowest BCUT2D eigenvalue weighted by molar-refractivity contribution is -0.0574. The third-order valence-corrected chi connectivity index (χ3v) is 4.08. The Morgan fingerprint density at radius 3 is 2.42 bits per heavy atom. The van der Waals surface area contributed by atoms with Crippen molar-refractivity contribution in [2.24, 2.45) is 0 Å². The van der Waals surface area contributed by atoms with Crippen LogP contribution in [0.3, 0.4) is 0 Å². The van der Waals surface area contributed by atoms with Gasteiger partial charge in [0.2, 0.25) is 0 Å². The summed E-state index contributed by atoms with van der Waals surface area (Å²) >= 11 is 0. The molecule has 0 bridgehead atoms. The van der Waals surface area contributed by atoms with Crippen molar-refractivity contribution in [3.8, 4) is 11.4 Å². The van der Waals surface area contributed by atoms with E-state index in [1.54, 1.807) is 23.4 Å². The standard InChI is InChI=1S/C19H23FN4O2/c1-19(2,3)26-18(25)24-12-11-23(20)13-16(24)14-5-7-15(8-6-14)17-21-9-4-10-22-17/h4-10,16H,11-13H2,1-3H3. The van der Waals surface area contributed by atoms with Crippen molar-refractivity contribution in [2.75, 3.05) is 19.6 Å². The van der Waals surface area contributed by atoms with Crippen molar-refractivity contribution in [3.05, 3.63) is 48.3 Å². The molecule has 1 saturated heterocycles. The molecule has 2 heterocycles. The quantitative estimate of drug-likeness (QED) is 0.768. The molecule has 1 atom stereocenters. The number of carbonyl (C=O) groups is 1. The summed E-state index contributed by atoms with van der Waals surface area (Å²) in [6, 6.07) is 8.88. The second-order valence-electron chi connectivity index (χ2n) is 7.25. The summed E-state index contributed by atoms with van der Waals surface area (Å²) in [7, 11) is 0. The highest BCUT2D eigenvalue weighted by atomic mass is 19.2. The van der Waals surface area contributed by atoms with Crippen LogP contribution in [0.5, 0.6) is 0 Å². The molecule has 1 fully saturated rings. The van der Waals surface area contributed by atoms with Gasteiger partial charge in [0.1, 0.15) is 5.60 Å². The van der Waals surface area contributed by atoms with Gasteiger partial charge in [-0.05, 0) is 32.4 Å². The van der Waals surface area contributed by atoms with E-state index in [2.05, 4.69) is 9.97 Å². The van der Waals surface area contributed by atoms with Crippen molar-refractivity contribution in [1.29, 1.82) is 0 Å². The number of carbonyl (C=O) groups excluding carboxylic acids is 1. The van der Waals surface area contributed by atoms with E-state index in [0.717, 1.165) is 16.2 Å². The number of nitrogens with zero attached hydrogens (tertiary/aromatic N) is 4. The number of halogens is 1. The first-order chi connectivity index (χ1) is 12.3. The Labute approximate surface area is 152 Å². The zero-order chi connectivity index (χ0) is 18.7. The van der Waals surface area contributed by atoms with Gasteiger partial charge in [0, 0.05) is 31.0 Å². The predicted molar refractivity (Wildman–Crippen MR) is 95.8 cm³/mol. The Bertz CT molecular complexity index is 746. The van der Waals surface area contributed by atoms with Crippen LogP contribution in [-0.4, -0.2) is 51.3 Å². The summed E-state index contributed by atoms with van der Waals surface area (Å²) in [6.45, 7) is 6.02. The summed E-state index contributed by atoms with van der Waals surface area (Å²) in [4.78, 5) is 22.6. The zero-order valence-electron chi connectivity index (χ0n) is 15.2. The average Bonchev–Trinajstić information content (AvgIpc) is 2.61. The zero-order valence-corrected chi connectivity index (χ0v) is 15.2. The van der Waals surface area contributed by atoms with Crippen molar-refractivity contribution >= 4 is 6.09 Å². The highest BCUT2D eigenvalue weighted by molar-refractivity contribution is 5.69. The van der Waals surface area contributed by atoms with Gasteiger partial charge >= 0.3 is 6.09 Å². The molecule has 0 aliphatic carbocycles. The SMILES string of the molecule is CC(C)(C)OC(=O)N1CCN(F)CC1c1ccc(-c2ncccn2)cc1. The van der Waals surface area contributed by atoms with Gasteiger partial charge in [0.25, 0.3) is 0 Å². The summed E-state index contributed by atoms with van der Waals surface area (Å²) in [6.07, 6.45) is 2.94. The van der Waals surface area contributed by atoms with Crippen LogP contribution in [0.15, 0.2) is 42.7 Å². The minimum Gasteiger partial charge on any atom is -0.444 e. The number of piperazine rings is 1. The minimum atomic E-state index is -0.594. The number of aromatic nitrogens is 2. The number of hydrogen-bond donors (Lipinski definition) is 0. The maximum absolute atomic E-state index is 13.9. The van der Waals surface area contributed by atoms with E-state index in [9.17, 15) is 9.28 Å². The summed E-state index contributed by atoms with van der Waals surface area (Å²) in [5, 5.41) is 0.736. The van der Waals surface area contributed by atoms with E-state index in [1.165, 1.54) is 0 Å². The monoisotopic (exact) mass is 358 g/mol. The normalized spacial score (nSPS) is 18.6. The first-order valence-corrected chi connectivity index (χ1v) is 8.61. The molecule has 1 aliphatic heterocycles. The average molecular weight is 358 g/mol. The molecule has 26 heavy (non-hydrogen) atoms. The molecule has 0 radical (unpaired) electrons. The Hall–Kier alpha value is -2.54. The lowest BCUT2D eigenvalue weighted by atomic mass is 10.0. The molecule has 3 rings (SSSR count). The van der Waals surface area contributed by atoms with Crippen LogP contribution in [-0.2, 0) is 4.74 Å². The molecule has 0 saturated carbocycles. The largest absolute Gasteiger partial charge is 0.444 e. The van der Waals surface area contributed by atoms with Crippen molar-refractivity contribution in [2.45, 2.75) is 32.4 Å². The fourth-order valence-corrected chi connectivity index (χ4v) is 2.88. The molecule has 1 aromatic carbocycles. The van der Waals surface area contributed by atoms with E-state index in [0.29, 0.717) is 5.82 Å². The van der Waals surface area contributed by atoms with E-state index >= 15 is 0 Å². The van der Waals surface area contributed by atoms with Crippen LogP contribution in [0, 0.1) is 0 Å². The van der Waals surface area contributed by atoms with Gasteiger partial charge in [0.15, 0.2) is 5.82 Å². The first kappa shape index (κ1) is 18.3. The molecule has 1 amide bonds. The second-order valence-corrected chi connectivity index (χ2v) is 7.25. The summed E-state index contributed by atoms with van der Waals surface area (Å²) in [5.41, 5.74) is 1.12. The van der Waals surface area contributed by atoms with Crippen LogP contribution >= 0.6 is 0 Å². The van der Waals surface area contributed by atoms with Crippen molar-refractivity contribution < 1.29 is 14.0 Å². The van der Waals surface area contributed by atoms with Crippen LogP contribution in [0.1, 0.15) is 32.4 Å². The van der Waals surface area contributed by atoms with Crippen molar-refractivity contribution in [3.63, 3.8) is 0 Å². The topological polar surface area (TPSA) is 58.6 Å². The number of ether oxygens (including phenoxy) is 1. The number of amides is 1. The number of benzene rings is 1. The molecule has 1 unspecified atom stereocenters. The molecule has 138 valence electrons. The maximum atomic E-state index is 13.9. The molecule has 1 aromatic heterocycles. The lowest BCUT2D eigenvalue weighted by Gasteiger charge is -2.38. The second kappa shape index (κ2) is 7.37. The number of rotatable bonds is 2. The molecular formula is C19H23FN4O2. The van der Waals surface area contributed by atoms with Gasteiger partial charge in [-0.3, -0.25) is 4.90 Å². The van der Waals surface area contributed by atoms with Gasteiger partial charge < -0.3 is 4.74 Å². The molecule has 2 aromatic rings. The van der Waals surface area contributed by atoms with Crippen LogP contribution in [0.4, 0.5) is 9.28 Å². The Morgan fingerprint density at radius 1 is 1.15 bits per heavy atom. The van der Waals surface area contributed by atoms with Gasteiger partial charge in [-0.25, -0.2) is 14.8 Å². The van der Waals surface area contributed by atoms with Gasteiger partial charge in [-0.15, -0.1) is 9.60 Å². The Kier molecular flexibility index (Phi) is 5.18. The van der Waals surface area contributed by atoms with E-state index in [1.807, 2.05) is 45.0 Å². The third-order valence-electron chi connectivity index (χ3n) is 4.08. The Morgan fingerprint density at radius 2 is 1.81 bits per heavy atom. The fourth-order valence-electron chi connectivity index (χ4n) is 2.88. The fraction of sp³-hybridized carbons (Fsp3) is 0.421. The van der Waals surface area contributed by atoms with E-state index in [4.69, 9.17) is 4.74 Å². The van der Waals surface area contributed by atoms with Crippen molar-refractivity contribution in [1.82, 2.24) is 20.0 Å². The highest BCUT2D eigenvalue weighted by Crippen LogP contribution is 2.29. The molecular weight excluding hydrogens is 335 g/mol. The first-order valence-electron chi connectivity index (χ1n) is 8.61. The van der Waals surface area contributed by atoms with Crippen LogP contribution in [0.2, 0.25) is 0 Å². The molecule has 1 aliphatic rings. The predicted octanol–water partition coefficient (Wildman–Crippen LogP) is 3.62. The maximum Gasteiger partial charge on any atom is 0.410 e. The molecule has 7 heteroatoms. The highest BCUT2D eigenvalue weighted by Gasteiger charge is 2.34. The summed E-state index contributed by atoms with van der Waals surface area (Å²) < 4.78 is 19.4. The number of hydrogen-bond acceptors (Lipinski definition) is 5. The van der Waals surface area contributed by atoms with E-state index in [-0.39, 0.29) is 19.6 Å².